The lowest BCUT2D eigenvalue weighted by molar-refractivity contribution is -0.274. The molecule has 0 saturated carbocycles. The Labute approximate surface area is 128 Å². The molecule has 0 aliphatic heterocycles. The van der Waals surface area contributed by atoms with Crippen molar-refractivity contribution in [2.24, 2.45) is 0 Å². The quantitative estimate of drug-likeness (QED) is 0.776. The highest BCUT2D eigenvalue weighted by Crippen LogP contribution is 2.35. The number of benzene rings is 2. The van der Waals surface area contributed by atoms with Gasteiger partial charge in [0, 0.05) is 6.07 Å². The third-order valence-corrected chi connectivity index (χ3v) is 3.06. The Morgan fingerprint density at radius 3 is 2.00 bits per heavy atom. The standard InChI is InChI=1S/C13H8Cl2F3NO2/c14-9-5-11(19)12(6-10(9)15)20-7-1-3-8(4-2-7)21-13(16,17)18/h1-6H,19H2. The summed E-state index contributed by atoms with van der Waals surface area (Å²) in [6.45, 7) is 0. The van der Waals surface area contributed by atoms with E-state index in [0.717, 1.165) is 12.1 Å². The highest BCUT2D eigenvalue weighted by molar-refractivity contribution is 6.42. The largest absolute Gasteiger partial charge is 0.573 e. The summed E-state index contributed by atoms with van der Waals surface area (Å²) in [6, 6.07) is 7.69. The van der Waals surface area contributed by atoms with Gasteiger partial charge in [0.15, 0.2) is 5.75 Å². The van der Waals surface area contributed by atoms with Gasteiger partial charge in [-0.25, -0.2) is 0 Å². The van der Waals surface area contributed by atoms with E-state index in [1.165, 1.54) is 24.3 Å². The summed E-state index contributed by atoms with van der Waals surface area (Å²) in [5.41, 5.74) is 5.96. The minimum absolute atomic E-state index is 0.244. The molecule has 2 aromatic rings. The summed E-state index contributed by atoms with van der Waals surface area (Å²) in [6.07, 6.45) is -4.74. The molecule has 0 spiro atoms. The summed E-state index contributed by atoms with van der Waals surface area (Å²) in [5.74, 6) is 0.167. The van der Waals surface area contributed by atoms with Crippen LogP contribution in [0.15, 0.2) is 36.4 Å². The molecule has 0 heterocycles. The minimum Gasteiger partial charge on any atom is -0.455 e. The van der Waals surface area contributed by atoms with Gasteiger partial charge >= 0.3 is 6.36 Å². The lowest BCUT2D eigenvalue weighted by atomic mass is 10.3. The number of nitrogens with two attached hydrogens (primary N) is 1. The zero-order chi connectivity index (χ0) is 15.6. The van der Waals surface area contributed by atoms with Crippen molar-refractivity contribution in [1.29, 1.82) is 0 Å². The van der Waals surface area contributed by atoms with Gasteiger partial charge in [0.1, 0.15) is 11.5 Å². The zero-order valence-corrected chi connectivity index (χ0v) is 11.8. The van der Waals surface area contributed by atoms with Crippen LogP contribution in [0.4, 0.5) is 18.9 Å². The number of rotatable bonds is 3. The monoisotopic (exact) mass is 337 g/mol. The fourth-order valence-electron chi connectivity index (χ4n) is 1.47. The van der Waals surface area contributed by atoms with Crippen molar-refractivity contribution in [3.05, 3.63) is 46.4 Å². The summed E-state index contributed by atoms with van der Waals surface area (Å²) in [7, 11) is 0. The molecule has 0 atom stereocenters. The molecule has 112 valence electrons. The number of nitrogen functional groups attached to an aromatic ring is 1. The third kappa shape index (κ3) is 4.34. The van der Waals surface area contributed by atoms with Gasteiger partial charge in [-0.1, -0.05) is 23.2 Å². The normalized spacial score (nSPS) is 11.3. The molecule has 0 aromatic heterocycles. The molecule has 0 saturated heterocycles. The van der Waals surface area contributed by atoms with E-state index in [0.29, 0.717) is 0 Å². The average Bonchev–Trinajstić information content (AvgIpc) is 2.36. The van der Waals surface area contributed by atoms with Crippen LogP contribution in [0.25, 0.3) is 0 Å². The number of hydrogen-bond acceptors (Lipinski definition) is 3. The summed E-state index contributed by atoms with van der Waals surface area (Å²) < 4.78 is 45.3. The predicted octanol–water partition coefficient (Wildman–Crippen LogP) is 5.27. The zero-order valence-electron chi connectivity index (χ0n) is 10.2. The topological polar surface area (TPSA) is 44.5 Å². The van der Waals surface area contributed by atoms with E-state index in [2.05, 4.69) is 4.74 Å². The lowest BCUT2D eigenvalue weighted by Crippen LogP contribution is -2.16. The van der Waals surface area contributed by atoms with Gasteiger partial charge in [0.05, 0.1) is 15.7 Å². The third-order valence-electron chi connectivity index (χ3n) is 2.34. The number of hydrogen-bond donors (Lipinski definition) is 1. The van der Waals surface area contributed by atoms with Crippen molar-refractivity contribution in [3.8, 4) is 17.2 Å². The molecule has 2 aromatic carbocycles. The summed E-state index contributed by atoms with van der Waals surface area (Å²) in [4.78, 5) is 0. The van der Waals surface area contributed by atoms with Crippen molar-refractivity contribution >= 4 is 28.9 Å². The molecule has 2 N–H and O–H groups in total. The molecule has 0 unspecified atom stereocenters. The van der Waals surface area contributed by atoms with Crippen LogP contribution in [-0.4, -0.2) is 6.36 Å². The fraction of sp³-hybridized carbons (Fsp3) is 0.0769. The van der Waals surface area contributed by atoms with Crippen molar-refractivity contribution in [1.82, 2.24) is 0 Å². The molecule has 0 fully saturated rings. The van der Waals surface area contributed by atoms with E-state index >= 15 is 0 Å². The van der Waals surface area contributed by atoms with Crippen molar-refractivity contribution < 1.29 is 22.6 Å². The van der Waals surface area contributed by atoms with E-state index in [4.69, 9.17) is 33.7 Å². The average molecular weight is 338 g/mol. The van der Waals surface area contributed by atoms with Gasteiger partial charge in [-0.3, -0.25) is 0 Å². The first-order valence-electron chi connectivity index (χ1n) is 5.53. The van der Waals surface area contributed by atoms with E-state index in [9.17, 15) is 13.2 Å². The molecule has 0 aliphatic carbocycles. The van der Waals surface area contributed by atoms with Crippen molar-refractivity contribution in [2.45, 2.75) is 6.36 Å². The van der Waals surface area contributed by atoms with Gasteiger partial charge in [0.25, 0.3) is 0 Å². The van der Waals surface area contributed by atoms with Crippen LogP contribution in [-0.2, 0) is 0 Å². The molecular weight excluding hydrogens is 330 g/mol. The van der Waals surface area contributed by atoms with Crippen LogP contribution in [0, 0.1) is 0 Å². The predicted molar refractivity (Wildman–Crippen MR) is 74.1 cm³/mol. The van der Waals surface area contributed by atoms with Crippen LogP contribution < -0.4 is 15.2 Å². The first-order chi connectivity index (χ1) is 9.74. The van der Waals surface area contributed by atoms with Gasteiger partial charge < -0.3 is 15.2 Å². The van der Waals surface area contributed by atoms with Gasteiger partial charge in [-0.05, 0) is 30.3 Å². The Balaban J connectivity index is 2.16. The number of anilines is 1. The molecule has 0 aliphatic rings. The first kappa shape index (κ1) is 15.6. The molecule has 8 heteroatoms. The Bertz CT molecular complexity index is 645. The second-order valence-corrected chi connectivity index (χ2v) is 4.74. The Hall–Kier alpha value is -1.79. The smallest absolute Gasteiger partial charge is 0.455 e. The van der Waals surface area contributed by atoms with Crippen LogP contribution in [0.2, 0.25) is 10.0 Å². The van der Waals surface area contributed by atoms with Crippen LogP contribution >= 0.6 is 23.2 Å². The highest BCUT2D eigenvalue weighted by Gasteiger charge is 2.30. The molecule has 3 nitrogen and oxygen atoms in total. The molecular formula is C13H8Cl2F3NO2. The van der Waals surface area contributed by atoms with E-state index < -0.39 is 6.36 Å². The van der Waals surface area contributed by atoms with Crippen molar-refractivity contribution in [2.75, 3.05) is 5.73 Å². The minimum atomic E-state index is -4.74. The van der Waals surface area contributed by atoms with Crippen LogP contribution in [0.5, 0.6) is 17.2 Å². The maximum absolute atomic E-state index is 12.0. The van der Waals surface area contributed by atoms with Crippen molar-refractivity contribution in [3.63, 3.8) is 0 Å². The summed E-state index contributed by atoms with van der Waals surface area (Å²) >= 11 is 11.6. The number of halogens is 5. The first-order valence-corrected chi connectivity index (χ1v) is 6.28. The SMILES string of the molecule is Nc1cc(Cl)c(Cl)cc1Oc1ccc(OC(F)(F)F)cc1. The molecule has 0 radical (unpaired) electrons. The Morgan fingerprint density at radius 2 is 1.43 bits per heavy atom. The Morgan fingerprint density at radius 1 is 0.905 bits per heavy atom. The molecule has 0 bridgehead atoms. The molecule has 0 amide bonds. The fourth-order valence-corrected chi connectivity index (χ4v) is 1.79. The molecule has 2 rings (SSSR count). The second kappa shape index (κ2) is 5.91. The molecule has 21 heavy (non-hydrogen) atoms. The summed E-state index contributed by atoms with van der Waals surface area (Å²) in [5, 5.41) is 0.522. The lowest BCUT2D eigenvalue weighted by Gasteiger charge is -2.11. The van der Waals surface area contributed by atoms with Crippen LogP contribution in [0.1, 0.15) is 0 Å². The van der Waals surface area contributed by atoms with E-state index in [1.54, 1.807) is 0 Å². The van der Waals surface area contributed by atoms with Gasteiger partial charge in [-0.2, -0.15) is 0 Å². The number of ether oxygens (including phenoxy) is 2. The van der Waals surface area contributed by atoms with E-state index in [-0.39, 0.29) is 33.0 Å². The maximum Gasteiger partial charge on any atom is 0.573 e. The van der Waals surface area contributed by atoms with Gasteiger partial charge in [0.2, 0.25) is 0 Å². The second-order valence-electron chi connectivity index (χ2n) is 3.93. The Kier molecular flexibility index (Phi) is 4.39. The van der Waals surface area contributed by atoms with Crippen LogP contribution in [0.3, 0.4) is 0 Å². The highest BCUT2D eigenvalue weighted by atomic mass is 35.5. The van der Waals surface area contributed by atoms with Gasteiger partial charge in [-0.15, -0.1) is 13.2 Å². The number of alkyl halides is 3. The maximum atomic E-state index is 12.0. The van der Waals surface area contributed by atoms with E-state index in [1.807, 2.05) is 0 Å².